The van der Waals surface area contributed by atoms with Crippen LogP contribution in [0.1, 0.15) is 77.0 Å². The molecule has 0 aliphatic heterocycles. The van der Waals surface area contributed by atoms with Crippen LogP contribution in [-0.2, 0) is 18.4 Å². The fourth-order valence-electron chi connectivity index (χ4n) is 2.39. The van der Waals surface area contributed by atoms with Gasteiger partial charge in [0, 0.05) is 26.0 Å². The van der Waals surface area contributed by atoms with Crippen LogP contribution in [0.5, 0.6) is 0 Å². The maximum Gasteiger partial charge on any atom is 0.134 e. The van der Waals surface area contributed by atoms with E-state index in [0.29, 0.717) is 6.61 Å². The van der Waals surface area contributed by atoms with Crippen LogP contribution >= 0.6 is 0 Å². The number of nitrogens with zero attached hydrogens (tertiary/aromatic N) is 2. The highest BCUT2D eigenvalue weighted by Gasteiger charge is 1.98. The third-order valence-electron chi connectivity index (χ3n) is 3.79. The lowest BCUT2D eigenvalue weighted by molar-refractivity contribution is 0.109. The second-order valence-corrected chi connectivity index (χ2v) is 5.69. The first-order chi connectivity index (χ1) is 9.84. The first kappa shape index (κ1) is 17.2. The lowest BCUT2D eigenvalue weighted by atomic mass is 10.1. The molecule has 0 aliphatic rings. The van der Waals surface area contributed by atoms with Crippen molar-refractivity contribution in [3.8, 4) is 0 Å². The molecular weight excluding hydrogens is 248 g/mol. The van der Waals surface area contributed by atoms with E-state index < -0.39 is 0 Å². The van der Waals surface area contributed by atoms with Crippen LogP contribution in [0.25, 0.3) is 0 Å². The molecule has 116 valence electrons. The molecule has 0 unspecified atom stereocenters. The van der Waals surface area contributed by atoms with E-state index in [2.05, 4.69) is 11.9 Å². The van der Waals surface area contributed by atoms with Crippen LogP contribution < -0.4 is 0 Å². The van der Waals surface area contributed by atoms with Crippen molar-refractivity contribution < 1.29 is 4.74 Å². The van der Waals surface area contributed by atoms with Crippen LogP contribution in [0, 0.1) is 0 Å². The zero-order chi connectivity index (χ0) is 14.5. The molecule has 0 saturated heterocycles. The Morgan fingerprint density at radius 3 is 2.10 bits per heavy atom. The average Bonchev–Trinajstić information content (AvgIpc) is 2.85. The van der Waals surface area contributed by atoms with Gasteiger partial charge in [0.15, 0.2) is 0 Å². The zero-order valence-electron chi connectivity index (χ0n) is 13.4. The van der Waals surface area contributed by atoms with Crippen molar-refractivity contribution in [2.24, 2.45) is 7.05 Å². The molecule has 0 saturated carbocycles. The molecule has 3 heteroatoms. The highest BCUT2D eigenvalue weighted by molar-refractivity contribution is 4.88. The summed E-state index contributed by atoms with van der Waals surface area (Å²) >= 11 is 0. The van der Waals surface area contributed by atoms with Gasteiger partial charge in [-0.3, -0.25) is 0 Å². The predicted molar refractivity (Wildman–Crippen MR) is 84.7 cm³/mol. The quantitative estimate of drug-likeness (QED) is 0.483. The Labute approximate surface area is 124 Å². The SMILES string of the molecule is CCCCCCCCCCCCOCc1nccn1C. The summed E-state index contributed by atoms with van der Waals surface area (Å²) in [6.07, 6.45) is 17.5. The number of hydrogen-bond donors (Lipinski definition) is 0. The van der Waals surface area contributed by atoms with E-state index in [0.717, 1.165) is 12.4 Å². The van der Waals surface area contributed by atoms with Crippen LogP contribution in [0.15, 0.2) is 12.4 Å². The van der Waals surface area contributed by atoms with Gasteiger partial charge in [-0.1, -0.05) is 64.7 Å². The normalized spacial score (nSPS) is 11.1. The monoisotopic (exact) mass is 280 g/mol. The number of rotatable bonds is 13. The van der Waals surface area contributed by atoms with E-state index in [1.807, 2.05) is 24.0 Å². The number of hydrogen-bond acceptors (Lipinski definition) is 2. The van der Waals surface area contributed by atoms with E-state index in [-0.39, 0.29) is 0 Å². The molecule has 0 aliphatic carbocycles. The van der Waals surface area contributed by atoms with Crippen LogP contribution in [-0.4, -0.2) is 16.2 Å². The molecule has 20 heavy (non-hydrogen) atoms. The van der Waals surface area contributed by atoms with E-state index in [1.54, 1.807) is 0 Å². The standard InChI is InChI=1S/C17H32N2O/c1-3-4-5-6-7-8-9-10-11-12-15-20-16-17-18-13-14-19(17)2/h13-14H,3-12,15-16H2,1-2H3. The Hall–Kier alpha value is -0.830. The minimum absolute atomic E-state index is 0.640. The van der Waals surface area contributed by atoms with Gasteiger partial charge in [-0.15, -0.1) is 0 Å². The minimum Gasteiger partial charge on any atom is -0.374 e. The van der Waals surface area contributed by atoms with Gasteiger partial charge in [-0.05, 0) is 6.42 Å². The van der Waals surface area contributed by atoms with E-state index in [1.165, 1.54) is 64.2 Å². The second kappa shape index (κ2) is 12.0. The number of ether oxygens (including phenoxy) is 1. The number of imidazole rings is 1. The highest BCUT2D eigenvalue weighted by Crippen LogP contribution is 2.10. The molecule has 0 fully saturated rings. The molecule has 0 bridgehead atoms. The highest BCUT2D eigenvalue weighted by atomic mass is 16.5. The first-order valence-corrected chi connectivity index (χ1v) is 8.38. The van der Waals surface area contributed by atoms with Crippen molar-refractivity contribution in [2.75, 3.05) is 6.61 Å². The lowest BCUT2D eigenvalue weighted by Crippen LogP contribution is -2.02. The summed E-state index contributed by atoms with van der Waals surface area (Å²) < 4.78 is 7.66. The summed E-state index contributed by atoms with van der Waals surface area (Å²) in [6, 6.07) is 0. The Bertz CT molecular complexity index is 323. The molecule has 0 amide bonds. The average molecular weight is 280 g/mol. The topological polar surface area (TPSA) is 27.1 Å². The van der Waals surface area contributed by atoms with E-state index >= 15 is 0 Å². The van der Waals surface area contributed by atoms with Gasteiger partial charge in [-0.2, -0.15) is 0 Å². The summed E-state index contributed by atoms with van der Waals surface area (Å²) in [4.78, 5) is 4.24. The van der Waals surface area contributed by atoms with Crippen molar-refractivity contribution in [3.63, 3.8) is 0 Å². The summed E-state index contributed by atoms with van der Waals surface area (Å²) in [6.45, 7) is 3.78. The molecule has 0 atom stereocenters. The number of aromatic nitrogens is 2. The third-order valence-corrected chi connectivity index (χ3v) is 3.79. The largest absolute Gasteiger partial charge is 0.374 e. The number of aryl methyl sites for hydroxylation is 1. The minimum atomic E-state index is 0.640. The lowest BCUT2D eigenvalue weighted by Gasteiger charge is -2.05. The van der Waals surface area contributed by atoms with Gasteiger partial charge < -0.3 is 9.30 Å². The van der Waals surface area contributed by atoms with Gasteiger partial charge in [0.2, 0.25) is 0 Å². The fraction of sp³-hybridized carbons (Fsp3) is 0.824. The third kappa shape index (κ3) is 8.36. The Morgan fingerprint density at radius 1 is 0.950 bits per heavy atom. The van der Waals surface area contributed by atoms with Crippen LogP contribution in [0.3, 0.4) is 0 Å². The predicted octanol–water partition coefficient (Wildman–Crippen LogP) is 4.86. The molecule has 1 heterocycles. The molecular formula is C17H32N2O. The van der Waals surface area contributed by atoms with Crippen LogP contribution in [0.4, 0.5) is 0 Å². The molecule has 0 aromatic carbocycles. The Kier molecular flexibility index (Phi) is 10.3. The zero-order valence-corrected chi connectivity index (χ0v) is 13.4. The van der Waals surface area contributed by atoms with Gasteiger partial charge in [0.05, 0.1) is 0 Å². The van der Waals surface area contributed by atoms with Crippen molar-refractivity contribution in [3.05, 3.63) is 18.2 Å². The summed E-state index contributed by atoms with van der Waals surface area (Å²) in [5.41, 5.74) is 0. The molecule has 3 nitrogen and oxygen atoms in total. The molecule has 0 radical (unpaired) electrons. The van der Waals surface area contributed by atoms with E-state index in [4.69, 9.17) is 4.74 Å². The van der Waals surface area contributed by atoms with Crippen molar-refractivity contribution in [1.29, 1.82) is 0 Å². The molecule has 0 N–H and O–H groups in total. The van der Waals surface area contributed by atoms with Crippen molar-refractivity contribution in [2.45, 2.75) is 77.7 Å². The first-order valence-electron chi connectivity index (χ1n) is 8.38. The van der Waals surface area contributed by atoms with Gasteiger partial charge in [-0.25, -0.2) is 4.98 Å². The van der Waals surface area contributed by atoms with E-state index in [9.17, 15) is 0 Å². The molecule has 1 aromatic heterocycles. The Balaban J connectivity index is 1.78. The molecule has 1 rings (SSSR count). The second-order valence-electron chi connectivity index (χ2n) is 5.69. The summed E-state index contributed by atoms with van der Waals surface area (Å²) in [7, 11) is 2.01. The van der Waals surface area contributed by atoms with Crippen molar-refractivity contribution >= 4 is 0 Å². The van der Waals surface area contributed by atoms with Crippen molar-refractivity contribution in [1.82, 2.24) is 9.55 Å². The van der Waals surface area contributed by atoms with Crippen LogP contribution in [0.2, 0.25) is 0 Å². The van der Waals surface area contributed by atoms with Gasteiger partial charge in [0.25, 0.3) is 0 Å². The fourth-order valence-corrected chi connectivity index (χ4v) is 2.39. The summed E-state index contributed by atoms with van der Waals surface area (Å²) in [5.74, 6) is 1.01. The maximum absolute atomic E-state index is 5.65. The van der Waals surface area contributed by atoms with Gasteiger partial charge in [0.1, 0.15) is 12.4 Å². The van der Waals surface area contributed by atoms with Gasteiger partial charge >= 0.3 is 0 Å². The molecule has 1 aromatic rings. The molecule has 0 spiro atoms. The Morgan fingerprint density at radius 2 is 1.55 bits per heavy atom. The smallest absolute Gasteiger partial charge is 0.134 e. The number of unbranched alkanes of at least 4 members (excludes halogenated alkanes) is 9. The maximum atomic E-state index is 5.65. The summed E-state index contributed by atoms with van der Waals surface area (Å²) in [5, 5.41) is 0.